The number of nitrogens with zero attached hydrogens (tertiary/aromatic N) is 5. The molecule has 11 nitrogen and oxygen atoms in total. The van der Waals surface area contributed by atoms with E-state index in [4.69, 9.17) is 9.47 Å². The smallest absolute Gasteiger partial charge is 0.259 e. The number of aliphatic hydroxyl groups is 3. The maximum absolute atomic E-state index is 14.6. The summed E-state index contributed by atoms with van der Waals surface area (Å²) < 4.78 is 55.4. The zero-order valence-electron chi connectivity index (χ0n) is 23.4. The maximum atomic E-state index is 14.6. The molecule has 5 rings (SSSR count). The molecule has 1 saturated heterocycles. The monoisotopic (exact) mass is 679 g/mol. The quantitative estimate of drug-likeness (QED) is 0.320. The number of carbonyl (C=O) groups excluding carboxylic acids is 1. The molecule has 1 saturated carbocycles. The third kappa shape index (κ3) is 6.10. The van der Waals surface area contributed by atoms with Crippen LogP contribution in [0.4, 0.5) is 18.9 Å². The summed E-state index contributed by atoms with van der Waals surface area (Å²) in [4.78, 5) is 15.6. The van der Waals surface area contributed by atoms with E-state index in [0.29, 0.717) is 25.7 Å². The van der Waals surface area contributed by atoms with Crippen molar-refractivity contribution >= 4 is 27.5 Å². The van der Waals surface area contributed by atoms with Crippen LogP contribution in [-0.4, -0.2) is 86.5 Å². The van der Waals surface area contributed by atoms with Crippen molar-refractivity contribution in [1.82, 2.24) is 15.0 Å². The molecule has 3 aromatic rings. The topological polar surface area (TPSA) is 154 Å². The lowest BCUT2D eigenvalue weighted by atomic mass is 9.88. The average molecular weight is 680 g/mol. The highest BCUT2D eigenvalue weighted by Crippen LogP contribution is 2.37. The largest absolute Gasteiger partial charge is 0.394 e. The number of carbonyl (C=O) groups is 1. The molecule has 1 amide bonds. The van der Waals surface area contributed by atoms with Crippen LogP contribution in [0.5, 0.6) is 0 Å². The van der Waals surface area contributed by atoms with Gasteiger partial charge in [0, 0.05) is 18.4 Å². The Hall–Kier alpha value is -3.39. The minimum Gasteiger partial charge on any atom is -0.394 e. The van der Waals surface area contributed by atoms with Crippen LogP contribution in [-0.2, 0) is 14.3 Å². The van der Waals surface area contributed by atoms with Crippen LogP contribution in [0.25, 0.3) is 11.3 Å². The van der Waals surface area contributed by atoms with Gasteiger partial charge in [0.2, 0.25) is 0 Å². The summed E-state index contributed by atoms with van der Waals surface area (Å²) in [5, 5.41) is 49.7. The number of nitriles is 1. The van der Waals surface area contributed by atoms with E-state index in [1.54, 1.807) is 0 Å². The van der Waals surface area contributed by atoms with Crippen molar-refractivity contribution < 1.29 is 42.8 Å². The van der Waals surface area contributed by atoms with Crippen LogP contribution < -0.4 is 4.90 Å². The molecule has 0 spiro atoms. The number of hydrogen-bond donors (Lipinski definition) is 3. The first kappa shape index (κ1) is 32.0. The molecule has 0 radical (unpaired) electrons. The highest BCUT2D eigenvalue weighted by Gasteiger charge is 2.52. The average Bonchev–Trinajstić information content (AvgIpc) is 3.50. The van der Waals surface area contributed by atoms with Gasteiger partial charge in [-0.2, -0.15) is 5.26 Å². The Kier molecular flexibility index (Phi) is 9.68. The normalized spacial score (nSPS) is 27.1. The Morgan fingerprint density at radius 3 is 2.52 bits per heavy atom. The molecule has 15 heteroatoms. The first-order valence-corrected chi connectivity index (χ1v) is 14.6. The van der Waals surface area contributed by atoms with Gasteiger partial charge in [0.05, 0.1) is 41.1 Å². The van der Waals surface area contributed by atoms with E-state index in [1.807, 2.05) is 6.07 Å². The minimum absolute atomic E-state index is 0.0153. The van der Waals surface area contributed by atoms with E-state index in [1.165, 1.54) is 24.3 Å². The van der Waals surface area contributed by atoms with Gasteiger partial charge in [0.1, 0.15) is 47.5 Å². The van der Waals surface area contributed by atoms with Gasteiger partial charge < -0.3 is 29.7 Å². The van der Waals surface area contributed by atoms with E-state index >= 15 is 0 Å². The fourth-order valence-electron chi connectivity index (χ4n) is 5.91. The van der Waals surface area contributed by atoms with Crippen molar-refractivity contribution in [3.63, 3.8) is 0 Å². The number of amides is 1. The molecule has 234 valence electrons. The van der Waals surface area contributed by atoms with Crippen molar-refractivity contribution in [3.8, 4) is 17.3 Å². The Morgan fingerprint density at radius 2 is 1.89 bits per heavy atom. The van der Waals surface area contributed by atoms with Gasteiger partial charge in [-0.25, -0.2) is 17.9 Å². The first-order valence-electron chi connectivity index (χ1n) is 13.8. The molecule has 2 aromatic carbocycles. The fourth-order valence-corrected chi connectivity index (χ4v) is 6.14. The predicted molar refractivity (Wildman–Crippen MR) is 152 cm³/mol. The Balaban J connectivity index is 1.56. The van der Waals surface area contributed by atoms with Crippen molar-refractivity contribution in [2.45, 2.75) is 68.3 Å². The highest BCUT2D eigenvalue weighted by molar-refractivity contribution is 9.10. The van der Waals surface area contributed by atoms with Crippen LogP contribution in [0.3, 0.4) is 0 Å². The summed E-state index contributed by atoms with van der Waals surface area (Å²) in [6.45, 7) is -0.715. The molecule has 2 aliphatic rings. The van der Waals surface area contributed by atoms with Crippen LogP contribution in [0.2, 0.25) is 0 Å². The van der Waals surface area contributed by atoms with Crippen molar-refractivity contribution in [2.24, 2.45) is 0 Å². The minimum atomic E-state index is -1.52. The standard InChI is InChI=1S/C29H29BrF3N5O6/c1-43-27-25(37-12-20(35-36-37)15-8-18(32)24(30)19(33)9-15)26(41)23(13-39)44-28(27)29(42)38(21-4-2-3-5-22(21)40)17-7-14(11-34)6-16(31)10-17/h6-10,12,21-23,25-28,39-41H,2-5,13H2,1H3/t21-,22-,23+,25-,26-,27+,28+/m0/s1. The Morgan fingerprint density at radius 1 is 1.18 bits per heavy atom. The first-order chi connectivity index (χ1) is 21.1. The number of methoxy groups -OCH3 is 1. The number of aromatic nitrogens is 3. The number of hydrogen-bond acceptors (Lipinski definition) is 9. The van der Waals surface area contributed by atoms with E-state index < -0.39 is 72.6 Å². The van der Waals surface area contributed by atoms with Gasteiger partial charge in [-0.15, -0.1) is 5.10 Å². The van der Waals surface area contributed by atoms with Crippen LogP contribution in [0.1, 0.15) is 37.3 Å². The molecule has 2 fully saturated rings. The number of halogens is 4. The molecule has 3 N–H and O–H groups in total. The van der Waals surface area contributed by atoms with Gasteiger partial charge in [0.25, 0.3) is 5.91 Å². The third-order valence-electron chi connectivity index (χ3n) is 8.03. The van der Waals surface area contributed by atoms with Crippen molar-refractivity contribution in [1.29, 1.82) is 5.26 Å². The molecule has 44 heavy (non-hydrogen) atoms. The van der Waals surface area contributed by atoms with E-state index in [2.05, 4.69) is 26.2 Å². The second kappa shape index (κ2) is 13.3. The number of benzene rings is 2. The second-order valence-electron chi connectivity index (χ2n) is 10.7. The predicted octanol–water partition coefficient (Wildman–Crippen LogP) is 3.01. The SMILES string of the molecule is CO[C@@H]1[C@@H](n2cc(-c3cc(F)c(Br)c(F)c3)nn2)[C@@H](O)[C@@H](CO)O[C@H]1C(=O)N(c1cc(F)cc(C#N)c1)[C@H]1CCCC[C@@H]1O. The fraction of sp³-hybridized carbons (Fsp3) is 0.448. The molecule has 0 unspecified atom stereocenters. The number of ether oxygens (including phenoxy) is 2. The molecule has 2 heterocycles. The van der Waals surface area contributed by atoms with E-state index in [9.17, 15) is 38.5 Å². The van der Waals surface area contributed by atoms with Crippen molar-refractivity contribution in [2.75, 3.05) is 18.6 Å². The molecule has 1 aliphatic carbocycles. The highest BCUT2D eigenvalue weighted by atomic mass is 79.9. The molecular formula is C29H29BrF3N5O6. The lowest BCUT2D eigenvalue weighted by Crippen LogP contribution is -2.63. The van der Waals surface area contributed by atoms with Crippen molar-refractivity contribution in [3.05, 3.63) is 64.0 Å². The second-order valence-corrected chi connectivity index (χ2v) is 11.5. The van der Waals surface area contributed by atoms with Crippen LogP contribution in [0.15, 0.2) is 41.0 Å². The zero-order chi connectivity index (χ0) is 31.7. The molecule has 0 bridgehead atoms. The molecule has 7 atom stereocenters. The van der Waals surface area contributed by atoms with Gasteiger partial charge in [-0.05, 0) is 59.1 Å². The summed E-state index contributed by atoms with van der Waals surface area (Å²) in [7, 11) is 1.26. The third-order valence-corrected chi connectivity index (χ3v) is 8.79. The van der Waals surface area contributed by atoms with Gasteiger partial charge in [-0.3, -0.25) is 4.79 Å². The van der Waals surface area contributed by atoms with Crippen LogP contribution >= 0.6 is 15.9 Å². The molecular weight excluding hydrogens is 651 g/mol. The zero-order valence-corrected chi connectivity index (χ0v) is 24.9. The van der Waals surface area contributed by atoms with Gasteiger partial charge >= 0.3 is 0 Å². The summed E-state index contributed by atoms with van der Waals surface area (Å²) >= 11 is 2.82. The van der Waals surface area contributed by atoms with Gasteiger partial charge in [-0.1, -0.05) is 18.1 Å². The van der Waals surface area contributed by atoms with Crippen LogP contribution in [0, 0.1) is 28.8 Å². The molecule has 1 aromatic heterocycles. The van der Waals surface area contributed by atoms with Gasteiger partial charge in [0.15, 0.2) is 6.10 Å². The lowest BCUT2D eigenvalue weighted by molar-refractivity contribution is -0.211. The molecule has 1 aliphatic heterocycles. The number of aliphatic hydroxyl groups excluding tert-OH is 3. The van der Waals surface area contributed by atoms with E-state index in [0.717, 1.165) is 28.9 Å². The Labute approximate surface area is 258 Å². The van der Waals surface area contributed by atoms with E-state index in [-0.39, 0.29) is 27.0 Å². The Bertz CT molecular complexity index is 1550. The number of anilines is 1. The summed E-state index contributed by atoms with van der Waals surface area (Å²) in [5.74, 6) is -3.29. The number of rotatable bonds is 7. The summed E-state index contributed by atoms with van der Waals surface area (Å²) in [6, 6.07) is 5.35. The summed E-state index contributed by atoms with van der Waals surface area (Å²) in [6.07, 6.45) is -3.14. The lowest BCUT2D eigenvalue weighted by Gasteiger charge is -2.46. The summed E-state index contributed by atoms with van der Waals surface area (Å²) in [5.41, 5.74) is 0.0612. The maximum Gasteiger partial charge on any atom is 0.259 e.